The van der Waals surface area contributed by atoms with E-state index in [1.165, 1.54) is 4.90 Å². The van der Waals surface area contributed by atoms with Crippen molar-refractivity contribution in [1.29, 1.82) is 0 Å². The van der Waals surface area contributed by atoms with Gasteiger partial charge in [-0.2, -0.15) is 5.10 Å². The molecule has 6 nitrogen and oxygen atoms in total. The molecule has 1 N–H and O–H groups in total. The molecule has 1 aromatic heterocycles. The van der Waals surface area contributed by atoms with Crippen LogP contribution in [0, 0.1) is 6.92 Å². The van der Waals surface area contributed by atoms with E-state index in [4.69, 9.17) is 0 Å². The van der Waals surface area contributed by atoms with E-state index in [0.29, 0.717) is 5.56 Å². The predicted molar refractivity (Wildman–Crippen MR) is 118 cm³/mol. The molecule has 0 aliphatic rings. The number of aromatic nitrogens is 2. The lowest BCUT2D eigenvalue weighted by molar-refractivity contribution is -0.116. The molecule has 0 atom stereocenters. The van der Waals surface area contributed by atoms with Crippen LogP contribution >= 0.6 is 0 Å². The normalized spacial score (nSPS) is 10.7. The maximum Gasteiger partial charge on any atom is 0.254 e. The summed E-state index contributed by atoms with van der Waals surface area (Å²) in [6, 6.07) is 22.7. The second-order valence-electron chi connectivity index (χ2n) is 7.17. The van der Waals surface area contributed by atoms with Crippen molar-refractivity contribution in [3.63, 3.8) is 0 Å². The summed E-state index contributed by atoms with van der Waals surface area (Å²) in [4.78, 5) is 26.7. The number of fused-ring (bicyclic) bond motifs is 1. The van der Waals surface area contributed by atoms with Gasteiger partial charge in [-0.25, -0.2) is 4.68 Å². The van der Waals surface area contributed by atoms with E-state index < -0.39 is 0 Å². The fraction of sp³-hybridized carbons (Fsp3) is 0.125. The number of likely N-dealkylation sites (N-methyl/N-ethyl adjacent to an activating group) is 1. The fourth-order valence-corrected chi connectivity index (χ4v) is 3.42. The van der Waals surface area contributed by atoms with E-state index in [0.717, 1.165) is 27.8 Å². The molecule has 3 aromatic carbocycles. The van der Waals surface area contributed by atoms with E-state index >= 15 is 0 Å². The molecule has 0 aliphatic carbocycles. The van der Waals surface area contributed by atoms with E-state index in [1.807, 2.05) is 67.6 Å². The third-order valence-electron chi connectivity index (χ3n) is 4.98. The molecule has 0 saturated carbocycles. The summed E-state index contributed by atoms with van der Waals surface area (Å²) in [5.41, 5.74) is 3.14. The van der Waals surface area contributed by atoms with Crippen LogP contribution in [-0.2, 0) is 4.79 Å². The molecule has 30 heavy (non-hydrogen) atoms. The fourth-order valence-electron chi connectivity index (χ4n) is 3.42. The first-order valence-electron chi connectivity index (χ1n) is 9.67. The quantitative estimate of drug-likeness (QED) is 0.552. The van der Waals surface area contributed by atoms with Crippen LogP contribution in [0.25, 0.3) is 16.5 Å². The van der Waals surface area contributed by atoms with E-state index in [2.05, 4.69) is 10.4 Å². The zero-order valence-electron chi connectivity index (χ0n) is 16.9. The van der Waals surface area contributed by atoms with Gasteiger partial charge >= 0.3 is 0 Å². The third-order valence-corrected chi connectivity index (χ3v) is 4.98. The lowest BCUT2D eigenvalue weighted by Gasteiger charge is -2.17. The molecule has 0 radical (unpaired) electrons. The topological polar surface area (TPSA) is 67.2 Å². The standard InChI is InChI=1S/C24H22N4O2/c1-17-14-15-25-28(17)20-12-10-19(11-13-20)24(30)27(2)16-23(29)26-22-9-5-7-18-6-3-4-8-21(18)22/h3-15H,16H2,1-2H3,(H,26,29). The Hall–Kier alpha value is -3.93. The zero-order chi connectivity index (χ0) is 21.1. The van der Waals surface area contributed by atoms with Gasteiger partial charge in [0.05, 0.1) is 12.2 Å². The van der Waals surface area contributed by atoms with Gasteiger partial charge in [0.1, 0.15) is 0 Å². The van der Waals surface area contributed by atoms with Crippen molar-refractivity contribution < 1.29 is 9.59 Å². The highest BCUT2D eigenvalue weighted by atomic mass is 16.2. The number of carbonyl (C=O) groups is 2. The van der Waals surface area contributed by atoms with Crippen LogP contribution in [-0.4, -0.2) is 40.1 Å². The molecule has 0 unspecified atom stereocenters. The highest BCUT2D eigenvalue weighted by Crippen LogP contribution is 2.23. The van der Waals surface area contributed by atoms with Crippen LogP contribution in [0.3, 0.4) is 0 Å². The predicted octanol–water partition coefficient (Wildman–Crippen LogP) is 4.04. The summed E-state index contributed by atoms with van der Waals surface area (Å²) in [6.07, 6.45) is 1.73. The van der Waals surface area contributed by atoms with Gasteiger partial charge in [-0.05, 0) is 48.7 Å². The van der Waals surface area contributed by atoms with Gasteiger partial charge in [0, 0.05) is 35.6 Å². The Bertz CT molecular complexity index is 1210. The van der Waals surface area contributed by atoms with Crippen molar-refractivity contribution in [2.24, 2.45) is 0 Å². The first kappa shape index (κ1) is 19.4. The molecule has 1 heterocycles. The summed E-state index contributed by atoms with van der Waals surface area (Å²) in [5.74, 6) is -0.460. The van der Waals surface area contributed by atoms with Crippen molar-refractivity contribution in [1.82, 2.24) is 14.7 Å². The number of carbonyl (C=O) groups excluding carboxylic acids is 2. The van der Waals surface area contributed by atoms with Gasteiger partial charge in [0.25, 0.3) is 5.91 Å². The molecular weight excluding hydrogens is 376 g/mol. The number of rotatable bonds is 5. The van der Waals surface area contributed by atoms with Crippen molar-refractivity contribution >= 4 is 28.3 Å². The number of nitrogens with zero attached hydrogens (tertiary/aromatic N) is 3. The van der Waals surface area contributed by atoms with Crippen molar-refractivity contribution in [3.8, 4) is 5.69 Å². The molecule has 4 rings (SSSR count). The lowest BCUT2D eigenvalue weighted by Crippen LogP contribution is -2.35. The van der Waals surface area contributed by atoms with Gasteiger partial charge in [-0.15, -0.1) is 0 Å². The SMILES string of the molecule is Cc1ccnn1-c1ccc(C(=O)N(C)CC(=O)Nc2cccc3ccccc23)cc1. The Kier molecular flexibility index (Phi) is 5.30. The summed E-state index contributed by atoms with van der Waals surface area (Å²) in [7, 11) is 1.62. The minimum atomic E-state index is -0.244. The highest BCUT2D eigenvalue weighted by Gasteiger charge is 2.16. The molecule has 0 fully saturated rings. The van der Waals surface area contributed by atoms with Crippen molar-refractivity contribution in [2.75, 3.05) is 18.9 Å². The number of anilines is 1. The van der Waals surface area contributed by atoms with Gasteiger partial charge < -0.3 is 10.2 Å². The zero-order valence-corrected chi connectivity index (χ0v) is 16.9. The van der Waals surface area contributed by atoms with Crippen LogP contribution < -0.4 is 5.32 Å². The number of hydrogen-bond acceptors (Lipinski definition) is 3. The minimum absolute atomic E-state index is 0.0396. The monoisotopic (exact) mass is 398 g/mol. The smallest absolute Gasteiger partial charge is 0.254 e. The largest absolute Gasteiger partial charge is 0.332 e. The third kappa shape index (κ3) is 3.93. The average molecular weight is 398 g/mol. The lowest BCUT2D eigenvalue weighted by atomic mass is 10.1. The second kappa shape index (κ2) is 8.21. The van der Waals surface area contributed by atoms with Crippen molar-refractivity contribution in [2.45, 2.75) is 6.92 Å². The molecule has 4 aromatic rings. The molecule has 0 aliphatic heterocycles. The Morgan fingerprint density at radius 1 is 0.967 bits per heavy atom. The first-order valence-corrected chi connectivity index (χ1v) is 9.67. The van der Waals surface area contributed by atoms with E-state index in [-0.39, 0.29) is 18.4 Å². The minimum Gasteiger partial charge on any atom is -0.332 e. The maximum atomic E-state index is 12.7. The van der Waals surface area contributed by atoms with Crippen molar-refractivity contribution in [3.05, 3.63) is 90.3 Å². The molecule has 150 valence electrons. The molecule has 0 spiro atoms. The van der Waals surface area contributed by atoms with E-state index in [1.54, 1.807) is 30.1 Å². The van der Waals surface area contributed by atoms with Crippen LogP contribution in [0.15, 0.2) is 79.0 Å². The van der Waals surface area contributed by atoms with Gasteiger partial charge in [-0.3, -0.25) is 9.59 Å². The molecule has 0 bridgehead atoms. The highest BCUT2D eigenvalue weighted by molar-refractivity contribution is 6.04. The van der Waals surface area contributed by atoms with Gasteiger partial charge in [0.15, 0.2) is 0 Å². The number of hydrogen-bond donors (Lipinski definition) is 1. The Balaban J connectivity index is 1.43. The van der Waals surface area contributed by atoms with Crippen LogP contribution in [0.4, 0.5) is 5.69 Å². The number of aryl methyl sites for hydroxylation is 1. The first-order chi connectivity index (χ1) is 14.5. The van der Waals surface area contributed by atoms with Crippen LogP contribution in [0.2, 0.25) is 0 Å². The number of nitrogens with one attached hydrogen (secondary N) is 1. The number of benzene rings is 3. The average Bonchev–Trinajstić information content (AvgIpc) is 3.19. The summed E-state index contributed by atoms with van der Waals surface area (Å²) < 4.78 is 1.80. The Morgan fingerprint density at radius 2 is 1.70 bits per heavy atom. The Morgan fingerprint density at radius 3 is 2.43 bits per heavy atom. The second-order valence-corrected chi connectivity index (χ2v) is 7.17. The van der Waals surface area contributed by atoms with Gasteiger partial charge in [-0.1, -0.05) is 36.4 Å². The Labute approximate surface area is 174 Å². The molecular formula is C24H22N4O2. The summed E-state index contributed by atoms with van der Waals surface area (Å²) in [5, 5.41) is 9.19. The summed E-state index contributed by atoms with van der Waals surface area (Å²) >= 11 is 0. The van der Waals surface area contributed by atoms with Gasteiger partial charge in [0.2, 0.25) is 5.91 Å². The summed E-state index contributed by atoms with van der Waals surface area (Å²) in [6.45, 7) is 1.93. The molecule has 2 amide bonds. The van der Waals surface area contributed by atoms with Crippen LogP contribution in [0.1, 0.15) is 16.1 Å². The maximum absolute atomic E-state index is 12.7. The molecule has 6 heteroatoms. The number of amides is 2. The molecule has 0 saturated heterocycles. The van der Waals surface area contributed by atoms with E-state index in [9.17, 15) is 9.59 Å². The van der Waals surface area contributed by atoms with Crippen LogP contribution in [0.5, 0.6) is 0 Å².